The van der Waals surface area contributed by atoms with E-state index in [1.807, 2.05) is 11.0 Å². The zero-order valence-corrected chi connectivity index (χ0v) is 17.6. The Bertz CT molecular complexity index is 577. The van der Waals surface area contributed by atoms with Crippen LogP contribution >= 0.6 is 12.4 Å². The minimum Gasteiger partial charge on any atom is -0.493 e. The number of carbonyl (C=O) groups is 1. The van der Waals surface area contributed by atoms with E-state index < -0.39 is 0 Å². The monoisotopic (exact) mass is 400 g/mol. The minimum atomic E-state index is 0. The lowest BCUT2D eigenvalue weighted by molar-refractivity contribution is 0.0573. The molecule has 1 amide bonds. The second-order valence-electron chi connectivity index (χ2n) is 6.87. The maximum absolute atomic E-state index is 13.2. The molecule has 0 unspecified atom stereocenters. The Labute approximate surface area is 168 Å². The van der Waals surface area contributed by atoms with Crippen LogP contribution in [0, 0.1) is 0 Å². The van der Waals surface area contributed by atoms with Crippen molar-refractivity contribution in [3.8, 4) is 11.5 Å². The number of hydrogen-bond acceptors (Lipinski definition) is 5. The molecule has 0 bridgehead atoms. The van der Waals surface area contributed by atoms with Gasteiger partial charge in [0, 0.05) is 44.3 Å². The van der Waals surface area contributed by atoms with Crippen molar-refractivity contribution in [2.24, 2.45) is 0 Å². The third kappa shape index (κ3) is 6.55. The number of amides is 1. The lowest BCUT2D eigenvalue weighted by Gasteiger charge is -2.37. The molecule has 1 saturated heterocycles. The molecular weight excluding hydrogens is 368 g/mol. The Balaban J connectivity index is 0.00000364. The number of ether oxygens (including phenoxy) is 3. The van der Waals surface area contributed by atoms with Gasteiger partial charge in [-0.15, -0.1) is 12.4 Å². The number of nitrogens with zero attached hydrogens (tertiary/aromatic N) is 1. The van der Waals surface area contributed by atoms with Gasteiger partial charge in [0.15, 0.2) is 11.5 Å². The first-order chi connectivity index (χ1) is 12.6. The lowest BCUT2D eigenvalue weighted by atomic mass is 10.0. The fourth-order valence-corrected chi connectivity index (χ4v) is 3.35. The third-order valence-corrected chi connectivity index (χ3v) is 4.62. The summed E-state index contributed by atoms with van der Waals surface area (Å²) in [7, 11) is 3.27. The van der Waals surface area contributed by atoms with Gasteiger partial charge in [-0.05, 0) is 51.4 Å². The molecule has 1 aliphatic rings. The van der Waals surface area contributed by atoms with E-state index in [0.717, 1.165) is 32.4 Å². The molecule has 1 aliphatic heterocycles. The van der Waals surface area contributed by atoms with Crippen molar-refractivity contribution in [2.45, 2.75) is 45.2 Å². The lowest BCUT2D eigenvalue weighted by Crippen LogP contribution is -2.51. The molecule has 1 atom stereocenters. The summed E-state index contributed by atoms with van der Waals surface area (Å²) in [6, 6.07) is 5.77. The van der Waals surface area contributed by atoms with Gasteiger partial charge in [-0.25, -0.2) is 0 Å². The highest BCUT2D eigenvalue weighted by molar-refractivity contribution is 5.95. The highest BCUT2D eigenvalue weighted by Crippen LogP contribution is 2.29. The first kappa shape index (κ1) is 23.5. The summed E-state index contributed by atoms with van der Waals surface area (Å²) in [4.78, 5) is 15.2. The van der Waals surface area contributed by atoms with E-state index in [-0.39, 0.29) is 30.4 Å². The van der Waals surface area contributed by atoms with Crippen molar-refractivity contribution in [3.63, 3.8) is 0 Å². The number of methoxy groups -OCH3 is 2. The number of rotatable bonds is 9. The molecule has 1 aromatic rings. The van der Waals surface area contributed by atoms with Gasteiger partial charge in [-0.3, -0.25) is 4.79 Å². The third-order valence-electron chi connectivity index (χ3n) is 4.62. The van der Waals surface area contributed by atoms with Gasteiger partial charge in [-0.1, -0.05) is 0 Å². The van der Waals surface area contributed by atoms with Crippen LogP contribution in [0.2, 0.25) is 0 Å². The molecule has 0 saturated carbocycles. The van der Waals surface area contributed by atoms with Gasteiger partial charge in [0.2, 0.25) is 0 Å². The first-order valence-corrected chi connectivity index (χ1v) is 9.41. The average molecular weight is 401 g/mol. The van der Waals surface area contributed by atoms with Crippen molar-refractivity contribution in [1.29, 1.82) is 0 Å². The van der Waals surface area contributed by atoms with Crippen molar-refractivity contribution >= 4 is 18.3 Å². The van der Waals surface area contributed by atoms with Gasteiger partial charge >= 0.3 is 0 Å². The minimum absolute atomic E-state index is 0. The van der Waals surface area contributed by atoms with Crippen LogP contribution in [-0.4, -0.2) is 63.4 Å². The molecule has 0 spiro atoms. The van der Waals surface area contributed by atoms with Crippen molar-refractivity contribution in [1.82, 2.24) is 10.2 Å². The zero-order valence-electron chi connectivity index (χ0n) is 16.8. The fraction of sp³-hybridized carbons (Fsp3) is 0.650. The summed E-state index contributed by atoms with van der Waals surface area (Å²) in [5.41, 5.74) is 0.631. The van der Waals surface area contributed by atoms with Crippen LogP contribution in [0.25, 0.3) is 0 Å². The number of halogens is 1. The summed E-state index contributed by atoms with van der Waals surface area (Å²) in [5.74, 6) is 1.27. The molecule has 154 valence electrons. The molecule has 1 heterocycles. The second-order valence-corrected chi connectivity index (χ2v) is 6.87. The molecule has 1 aromatic carbocycles. The summed E-state index contributed by atoms with van der Waals surface area (Å²) in [6.07, 6.45) is 2.91. The molecule has 0 radical (unpaired) electrons. The molecule has 7 heteroatoms. The number of nitrogens with one attached hydrogen (secondary N) is 1. The fourth-order valence-electron chi connectivity index (χ4n) is 3.35. The average Bonchev–Trinajstić information content (AvgIpc) is 2.65. The molecule has 0 aliphatic carbocycles. The van der Waals surface area contributed by atoms with Crippen LogP contribution in [0.3, 0.4) is 0 Å². The number of benzene rings is 1. The number of hydrogen-bond donors (Lipinski definition) is 1. The van der Waals surface area contributed by atoms with Gasteiger partial charge in [0.25, 0.3) is 5.91 Å². The van der Waals surface area contributed by atoms with Crippen LogP contribution in [0.15, 0.2) is 18.2 Å². The zero-order chi connectivity index (χ0) is 18.9. The smallest absolute Gasteiger partial charge is 0.254 e. The van der Waals surface area contributed by atoms with E-state index in [1.165, 1.54) is 0 Å². The quantitative estimate of drug-likeness (QED) is 0.645. The maximum Gasteiger partial charge on any atom is 0.254 e. The first-order valence-electron chi connectivity index (χ1n) is 9.41. The van der Waals surface area contributed by atoms with Crippen LogP contribution in [0.4, 0.5) is 0 Å². The summed E-state index contributed by atoms with van der Waals surface area (Å²) in [6.45, 7) is 7.16. The largest absolute Gasteiger partial charge is 0.493 e. The summed E-state index contributed by atoms with van der Waals surface area (Å²) >= 11 is 0. The molecule has 1 fully saturated rings. The highest BCUT2D eigenvalue weighted by atomic mass is 35.5. The Morgan fingerprint density at radius 3 is 2.63 bits per heavy atom. The Morgan fingerprint density at radius 2 is 2.04 bits per heavy atom. The number of carbonyl (C=O) groups excluding carboxylic acids is 1. The molecule has 2 rings (SSSR count). The van der Waals surface area contributed by atoms with E-state index in [4.69, 9.17) is 14.2 Å². The molecular formula is C20H33ClN2O4. The van der Waals surface area contributed by atoms with Gasteiger partial charge in [0.1, 0.15) is 0 Å². The highest BCUT2D eigenvalue weighted by Gasteiger charge is 2.28. The maximum atomic E-state index is 13.2. The summed E-state index contributed by atoms with van der Waals surface area (Å²) < 4.78 is 16.2. The Morgan fingerprint density at radius 1 is 1.26 bits per heavy atom. The molecule has 1 N–H and O–H groups in total. The van der Waals surface area contributed by atoms with Gasteiger partial charge in [0.05, 0.1) is 13.7 Å². The molecule has 6 nitrogen and oxygen atoms in total. The van der Waals surface area contributed by atoms with Gasteiger partial charge < -0.3 is 24.4 Å². The second kappa shape index (κ2) is 12.1. The Kier molecular flexibility index (Phi) is 10.5. The van der Waals surface area contributed by atoms with Crippen LogP contribution in [0.1, 0.15) is 43.5 Å². The normalized spacial score (nSPS) is 16.6. The SMILES string of the molecule is COCCCOc1cc(C(=O)N(C(C)C)[C@@H]2CCCNC2)ccc1OC.Cl. The van der Waals surface area contributed by atoms with E-state index >= 15 is 0 Å². The predicted octanol–water partition coefficient (Wildman–Crippen LogP) is 3.13. The van der Waals surface area contributed by atoms with Crippen molar-refractivity contribution in [2.75, 3.05) is 40.5 Å². The van der Waals surface area contributed by atoms with Crippen LogP contribution in [0.5, 0.6) is 11.5 Å². The van der Waals surface area contributed by atoms with Crippen LogP contribution < -0.4 is 14.8 Å². The van der Waals surface area contributed by atoms with Crippen molar-refractivity contribution < 1.29 is 19.0 Å². The Hall–Kier alpha value is -1.50. The van der Waals surface area contributed by atoms with Gasteiger partial charge in [-0.2, -0.15) is 0 Å². The van der Waals surface area contributed by atoms with Crippen molar-refractivity contribution in [3.05, 3.63) is 23.8 Å². The van der Waals surface area contributed by atoms with E-state index in [0.29, 0.717) is 30.3 Å². The number of piperidine rings is 1. The topological polar surface area (TPSA) is 60.0 Å². The molecule has 27 heavy (non-hydrogen) atoms. The predicted molar refractivity (Wildman–Crippen MR) is 109 cm³/mol. The summed E-state index contributed by atoms with van der Waals surface area (Å²) in [5, 5.41) is 3.40. The van der Waals surface area contributed by atoms with E-state index in [2.05, 4.69) is 19.2 Å². The van der Waals surface area contributed by atoms with E-state index in [9.17, 15) is 4.79 Å². The molecule has 0 aromatic heterocycles. The van der Waals surface area contributed by atoms with Crippen LogP contribution in [-0.2, 0) is 4.74 Å². The van der Waals surface area contributed by atoms with E-state index in [1.54, 1.807) is 26.4 Å². The standard InChI is InChI=1S/C20H32N2O4.ClH/c1-15(2)22(17-7-5-10-21-14-17)20(23)16-8-9-18(25-4)19(13-16)26-12-6-11-24-3;/h8-9,13,15,17,21H,5-7,10-12,14H2,1-4H3;1H/t17-;/m1./s1.